The van der Waals surface area contributed by atoms with E-state index >= 15 is 0 Å². The number of benzene rings is 1. The number of amides is 2. The number of nitrogens with zero attached hydrogens (tertiary/aromatic N) is 3. The molecule has 2 aliphatic rings. The quantitative estimate of drug-likeness (QED) is 0.827. The van der Waals surface area contributed by atoms with Gasteiger partial charge in [-0.15, -0.1) is 0 Å². The van der Waals surface area contributed by atoms with E-state index in [1.54, 1.807) is 24.0 Å². The lowest BCUT2D eigenvalue weighted by Gasteiger charge is -2.39. The van der Waals surface area contributed by atoms with Crippen molar-refractivity contribution in [2.75, 3.05) is 50.8 Å². The summed E-state index contributed by atoms with van der Waals surface area (Å²) in [6.45, 7) is 5.74. The molecule has 2 aliphatic heterocycles. The number of likely N-dealkylation sites (tertiary alicyclic amines) is 1. The summed E-state index contributed by atoms with van der Waals surface area (Å²) in [4.78, 5) is 30.0. The third-order valence-corrected chi connectivity index (χ3v) is 5.15. The van der Waals surface area contributed by atoms with Crippen LogP contribution in [0.4, 0.5) is 14.9 Å². The molecule has 0 radical (unpaired) electrons. The highest BCUT2D eigenvalue weighted by Crippen LogP contribution is 2.23. The molecule has 26 heavy (non-hydrogen) atoms. The number of piperazine rings is 1. The molecule has 2 amide bonds. The van der Waals surface area contributed by atoms with Crippen LogP contribution in [0.25, 0.3) is 0 Å². The van der Waals surface area contributed by atoms with Crippen molar-refractivity contribution in [1.29, 1.82) is 0 Å². The fourth-order valence-electron chi connectivity index (χ4n) is 3.66. The van der Waals surface area contributed by atoms with Gasteiger partial charge < -0.3 is 19.4 Å². The number of anilines is 1. The number of hydrogen-bond donors (Lipinski definition) is 0. The van der Waals surface area contributed by atoms with Gasteiger partial charge in [-0.05, 0) is 31.9 Å². The minimum Gasteiger partial charge on any atom is -0.450 e. The molecular formula is C19H26FN3O3. The molecule has 0 bridgehead atoms. The Kier molecular flexibility index (Phi) is 5.96. The highest BCUT2D eigenvalue weighted by molar-refractivity contribution is 5.79. The maximum atomic E-state index is 13.9. The van der Waals surface area contributed by atoms with Crippen LogP contribution in [0.1, 0.15) is 19.8 Å². The first-order chi connectivity index (χ1) is 12.6. The van der Waals surface area contributed by atoms with E-state index in [2.05, 4.69) is 0 Å². The summed E-state index contributed by atoms with van der Waals surface area (Å²) in [5, 5.41) is 0. The van der Waals surface area contributed by atoms with Crippen LogP contribution >= 0.6 is 0 Å². The molecule has 0 spiro atoms. The van der Waals surface area contributed by atoms with Crippen LogP contribution in [0.5, 0.6) is 0 Å². The first kappa shape index (κ1) is 18.5. The van der Waals surface area contributed by atoms with E-state index in [9.17, 15) is 14.0 Å². The van der Waals surface area contributed by atoms with E-state index < -0.39 is 0 Å². The van der Waals surface area contributed by atoms with Gasteiger partial charge in [0.2, 0.25) is 5.91 Å². The summed E-state index contributed by atoms with van der Waals surface area (Å²) in [7, 11) is 0. The monoisotopic (exact) mass is 363 g/mol. The second kappa shape index (κ2) is 8.38. The van der Waals surface area contributed by atoms with Gasteiger partial charge >= 0.3 is 6.09 Å². The van der Waals surface area contributed by atoms with Crippen molar-refractivity contribution in [3.63, 3.8) is 0 Å². The van der Waals surface area contributed by atoms with E-state index in [1.807, 2.05) is 15.9 Å². The first-order valence-electron chi connectivity index (χ1n) is 9.30. The summed E-state index contributed by atoms with van der Waals surface area (Å²) in [5.41, 5.74) is 0.599. The van der Waals surface area contributed by atoms with Crippen LogP contribution in [0.2, 0.25) is 0 Å². The Labute approximate surface area is 153 Å². The minimum atomic E-state index is -0.295. The Balaban J connectivity index is 1.49. The lowest BCUT2D eigenvalue weighted by molar-refractivity contribution is -0.137. The Morgan fingerprint density at radius 2 is 1.69 bits per heavy atom. The molecule has 0 aromatic heterocycles. The van der Waals surface area contributed by atoms with E-state index in [4.69, 9.17) is 4.74 Å². The van der Waals surface area contributed by atoms with Crippen molar-refractivity contribution in [2.24, 2.45) is 5.92 Å². The average Bonchev–Trinajstić information content (AvgIpc) is 2.68. The van der Waals surface area contributed by atoms with Gasteiger partial charge in [0.25, 0.3) is 0 Å². The highest BCUT2D eigenvalue weighted by atomic mass is 19.1. The van der Waals surface area contributed by atoms with Gasteiger partial charge in [-0.2, -0.15) is 0 Å². The number of carbonyl (C=O) groups is 2. The molecule has 1 aromatic carbocycles. The number of rotatable bonds is 3. The Bertz CT molecular complexity index is 639. The van der Waals surface area contributed by atoms with Gasteiger partial charge in [0, 0.05) is 45.2 Å². The summed E-state index contributed by atoms with van der Waals surface area (Å²) in [5.74, 6) is -0.110. The summed E-state index contributed by atoms with van der Waals surface area (Å²) < 4.78 is 18.9. The van der Waals surface area contributed by atoms with Gasteiger partial charge in [-0.1, -0.05) is 12.1 Å². The topological polar surface area (TPSA) is 53.1 Å². The maximum Gasteiger partial charge on any atom is 0.409 e. The largest absolute Gasteiger partial charge is 0.450 e. The van der Waals surface area contributed by atoms with Gasteiger partial charge in [0.05, 0.1) is 12.3 Å². The van der Waals surface area contributed by atoms with Gasteiger partial charge in [-0.3, -0.25) is 4.79 Å². The zero-order valence-electron chi connectivity index (χ0n) is 15.2. The Hall–Kier alpha value is -2.31. The number of ether oxygens (including phenoxy) is 1. The fraction of sp³-hybridized carbons (Fsp3) is 0.579. The molecule has 142 valence electrons. The highest BCUT2D eigenvalue weighted by Gasteiger charge is 2.32. The van der Waals surface area contributed by atoms with Crippen molar-refractivity contribution >= 4 is 17.7 Å². The second-order valence-electron chi connectivity index (χ2n) is 6.72. The molecule has 0 unspecified atom stereocenters. The van der Waals surface area contributed by atoms with Crippen LogP contribution in [0.15, 0.2) is 24.3 Å². The van der Waals surface area contributed by atoms with Crippen LogP contribution in [-0.4, -0.2) is 67.7 Å². The molecule has 3 rings (SSSR count). The van der Waals surface area contributed by atoms with Gasteiger partial charge in [0.1, 0.15) is 5.82 Å². The van der Waals surface area contributed by atoms with Crippen molar-refractivity contribution in [3.05, 3.63) is 30.1 Å². The minimum absolute atomic E-state index is 0.0410. The molecule has 1 aromatic rings. The van der Waals surface area contributed by atoms with Crippen molar-refractivity contribution in [3.8, 4) is 0 Å². The molecule has 0 saturated carbocycles. The normalized spacial score (nSPS) is 18.8. The van der Waals surface area contributed by atoms with E-state index in [1.165, 1.54) is 6.07 Å². The second-order valence-corrected chi connectivity index (χ2v) is 6.72. The van der Waals surface area contributed by atoms with Crippen LogP contribution in [-0.2, 0) is 9.53 Å². The predicted molar refractivity (Wildman–Crippen MR) is 96.5 cm³/mol. The lowest BCUT2D eigenvalue weighted by atomic mass is 9.95. The van der Waals surface area contributed by atoms with E-state index in [-0.39, 0.29) is 23.7 Å². The fourth-order valence-corrected chi connectivity index (χ4v) is 3.66. The molecule has 0 aliphatic carbocycles. The Morgan fingerprint density at radius 3 is 2.31 bits per heavy atom. The summed E-state index contributed by atoms with van der Waals surface area (Å²) >= 11 is 0. The SMILES string of the molecule is CCOC(=O)N1CCC(C(=O)N2CCN(c3ccccc3F)CC2)CC1. The van der Waals surface area contributed by atoms with Crippen LogP contribution in [0, 0.1) is 11.7 Å². The van der Waals surface area contributed by atoms with E-state index in [0.717, 1.165) is 0 Å². The van der Waals surface area contributed by atoms with Crippen molar-refractivity contribution in [1.82, 2.24) is 9.80 Å². The lowest BCUT2D eigenvalue weighted by Crippen LogP contribution is -2.52. The van der Waals surface area contributed by atoms with Crippen molar-refractivity contribution < 1.29 is 18.7 Å². The van der Waals surface area contributed by atoms with Gasteiger partial charge in [-0.25, -0.2) is 9.18 Å². The number of carbonyl (C=O) groups excluding carboxylic acids is 2. The molecule has 7 heteroatoms. The first-order valence-corrected chi connectivity index (χ1v) is 9.30. The standard InChI is InChI=1S/C19H26FN3O3/c1-2-26-19(25)23-9-7-15(8-10-23)18(24)22-13-11-21(12-14-22)17-6-4-3-5-16(17)20/h3-6,15H,2,7-14H2,1H3. The molecular weight excluding hydrogens is 337 g/mol. The van der Waals surface area contributed by atoms with Gasteiger partial charge in [0.15, 0.2) is 0 Å². The molecule has 6 nitrogen and oxygen atoms in total. The third kappa shape index (κ3) is 4.08. The molecule has 0 atom stereocenters. The van der Waals surface area contributed by atoms with E-state index in [0.29, 0.717) is 64.4 Å². The molecule has 2 heterocycles. The maximum absolute atomic E-state index is 13.9. The average molecular weight is 363 g/mol. The molecule has 0 N–H and O–H groups in total. The van der Waals surface area contributed by atoms with Crippen LogP contribution < -0.4 is 4.90 Å². The zero-order valence-corrected chi connectivity index (χ0v) is 15.2. The Morgan fingerprint density at radius 1 is 1.04 bits per heavy atom. The molecule has 2 saturated heterocycles. The summed E-state index contributed by atoms with van der Waals surface area (Å²) in [6, 6.07) is 6.75. The molecule has 2 fully saturated rings. The number of para-hydroxylation sites is 1. The zero-order chi connectivity index (χ0) is 18.5. The number of halogens is 1. The third-order valence-electron chi connectivity index (χ3n) is 5.15. The number of hydrogen-bond acceptors (Lipinski definition) is 4. The van der Waals surface area contributed by atoms with Crippen LogP contribution in [0.3, 0.4) is 0 Å². The smallest absolute Gasteiger partial charge is 0.409 e. The predicted octanol–water partition coefficient (Wildman–Crippen LogP) is 2.34. The summed E-state index contributed by atoms with van der Waals surface area (Å²) in [6.07, 6.45) is 1.05. The van der Waals surface area contributed by atoms with Crippen molar-refractivity contribution in [2.45, 2.75) is 19.8 Å². The number of piperidine rings is 1.